The molecule has 9 atom stereocenters. The third kappa shape index (κ3) is 16.6. The van der Waals surface area contributed by atoms with Gasteiger partial charge in [-0.25, -0.2) is 28.8 Å². The van der Waals surface area contributed by atoms with Crippen molar-refractivity contribution in [2.24, 2.45) is 58.2 Å². The summed E-state index contributed by atoms with van der Waals surface area (Å²) in [4.78, 5) is 78.9. The molecule has 0 aliphatic heterocycles. The zero-order valence-electron chi connectivity index (χ0n) is 57.4. The van der Waals surface area contributed by atoms with Crippen molar-refractivity contribution >= 4 is 64.6 Å². The lowest BCUT2D eigenvalue weighted by Gasteiger charge is -2.61. The highest BCUT2D eigenvalue weighted by atomic mass is 35.5. The van der Waals surface area contributed by atoms with E-state index in [0.29, 0.717) is 90.3 Å². The number of carbonyl (C=O) groups excluding carboxylic acids is 6. The molecule has 0 bridgehead atoms. The molecule has 4 saturated carbocycles. The molecule has 6 aromatic rings. The van der Waals surface area contributed by atoms with Gasteiger partial charge >= 0.3 is 35.8 Å². The lowest BCUT2D eigenvalue weighted by molar-refractivity contribution is -0.121. The minimum Gasteiger partial charge on any atom is -0.486 e. The Morgan fingerprint density at radius 1 is 0.485 bits per heavy atom. The van der Waals surface area contributed by atoms with Crippen molar-refractivity contribution in [3.8, 4) is 11.5 Å². The van der Waals surface area contributed by atoms with Crippen molar-refractivity contribution in [2.75, 3.05) is 28.4 Å². The number of hydrogen-bond donors (Lipinski definition) is 0. The molecule has 0 saturated heterocycles. The summed E-state index contributed by atoms with van der Waals surface area (Å²) in [5, 5.41) is 0.168. The molecule has 514 valence electrons. The van der Waals surface area contributed by atoms with Crippen molar-refractivity contribution in [3.63, 3.8) is 0 Å². The van der Waals surface area contributed by atoms with Crippen molar-refractivity contribution in [1.82, 2.24) is 0 Å². The Hall–Kier alpha value is -7.94. The Balaban J connectivity index is 0.989. The molecule has 97 heavy (non-hydrogen) atoms. The first-order valence-corrected chi connectivity index (χ1v) is 35.1. The van der Waals surface area contributed by atoms with Crippen LogP contribution in [0.15, 0.2) is 127 Å². The molecular weight excluding hydrogens is 1270 g/mol. The van der Waals surface area contributed by atoms with Gasteiger partial charge in [-0.3, -0.25) is 0 Å². The van der Waals surface area contributed by atoms with Crippen LogP contribution in [0.2, 0.25) is 10.0 Å². The summed E-state index contributed by atoms with van der Waals surface area (Å²) in [5.74, 6) is 2.37. The van der Waals surface area contributed by atoms with Crippen LogP contribution in [0, 0.1) is 58.2 Å². The van der Waals surface area contributed by atoms with Crippen molar-refractivity contribution in [1.29, 1.82) is 0 Å². The van der Waals surface area contributed by atoms with Gasteiger partial charge in [0.25, 0.3) is 0 Å². The van der Waals surface area contributed by atoms with Gasteiger partial charge in [-0.1, -0.05) is 132 Å². The average molecular weight is 1360 g/mol. The Kier molecular flexibility index (Phi) is 23.8. The normalized spacial score (nSPS) is 21.9. The first kappa shape index (κ1) is 71.8. The minimum absolute atomic E-state index is 0.00218. The summed E-state index contributed by atoms with van der Waals surface area (Å²) in [6.07, 6.45) is 19.2. The molecule has 2 unspecified atom stereocenters. The van der Waals surface area contributed by atoms with Gasteiger partial charge in [0, 0.05) is 0 Å². The van der Waals surface area contributed by atoms with Crippen LogP contribution in [0.25, 0.3) is 5.57 Å². The summed E-state index contributed by atoms with van der Waals surface area (Å²) >= 11 is 14.8. The average Bonchev–Trinajstić information content (AvgIpc) is 1.68. The number of fused-ring (bicyclic) bond motifs is 5. The molecule has 0 spiro atoms. The second-order valence-corrected chi connectivity index (χ2v) is 29.0. The lowest BCUT2D eigenvalue weighted by atomic mass is 9.44. The highest BCUT2D eigenvalue weighted by molar-refractivity contribution is 6.33. The molecule has 4 aliphatic carbocycles. The van der Waals surface area contributed by atoms with Gasteiger partial charge in [0.2, 0.25) is 0 Å². The van der Waals surface area contributed by atoms with Crippen LogP contribution in [0.4, 0.5) is 0 Å². The predicted molar refractivity (Wildman–Crippen MR) is 374 cm³/mol. The second kappa shape index (κ2) is 32.2. The number of methoxy groups -OCH3 is 4. The summed E-state index contributed by atoms with van der Waals surface area (Å²) < 4.78 is 44.6. The highest BCUT2D eigenvalue weighted by Gasteiger charge is 2.60. The van der Waals surface area contributed by atoms with Gasteiger partial charge in [-0.15, -0.1) is 0 Å². The van der Waals surface area contributed by atoms with Gasteiger partial charge < -0.3 is 37.9 Å². The maximum atomic E-state index is 14.8. The molecule has 6 aromatic carbocycles. The van der Waals surface area contributed by atoms with Crippen molar-refractivity contribution < 1.29 is 66.7 Å². The van der Waals surface area contributed by atoms with Gasteiger partial charge in [0.15, 0.2) is 11.5 Å². The van der Waals surface area contributed by atoms with Gasteiger partial charge in [-0.05, 0) is 241 Å². The van der Waals surface area contributed by atoms with E-state index in [2.05, 4.69) is 40.7 Å². The molecule has 4 aliphatic rings. The van der Waals surface area contributed by atoms with Crippen LogP contribution in [0.5, 0.6) is 11.5 Å². The number of rotatable bonds is 26. The quantitative estimate of drug-likeness (QED) is 0.0370. The van der Waals surface area contributed by atoms with Crippen LogP contribution in [-0.2, 0) is 54.8 Å². The number of esters is 6. The summed E-state index contributed by atoms with van der Waals surface area (Å²) in [6.45, 7) is 12.1. The maximum absolute atomic E-state index is 14.8. The van der Waals surface area contributed by atoms with E-state index in [4.69, 9.17) is 61.1 Å². The summed E-state index contributed by atoms with van der Waals surface area (Å²) in [5.41, 5.74) is 6.23. The van der Waals surface area contributed by atoms with Crippen molar-refractivity contribution in [2.45, 2.75) is 151 Å². The van der Waals surface area contributed by atoms with E-state index in [-0.39, 0.29) is 59.1 Å². The molecule has 0 aromatic heterocycles. The van der Waals surface area contributed by atoms with Crippen LogP contribution < -0.4 is 9.47 Å². The molecule has 16 heteroatoms. The largest absolute Gasteiger partial charge is 0.486 e. The fraction of sp³-hybridized carbons (Fsp3) is 0.457. The zero-order chi connectivity index (χ0) is 69.1. The Morgan fingerprint density at radius 2 is 0.907 bits per heavy atom. The summed E-state index contributed by atoms with van der Waals surface area (Å²) in [7, 11) is 5.22. The molecule has 10 rings (SSSR count). The summed E-state index contributed by atoms with van der Waals surface area (Å²) in [6, 6.07) is 33.2. The third-order valence-corrected chi connectivity index (χ3v) is 22.6. The second-order valence-electron chi connectivity index (χ2n) is 28.2. The van der Waals surface area contributed by atoms with E-state index in [1.54, 1.807) is 121 Å². The number of ether oxygens (including phenoxy) is 8. The van der Waals surface area contributed by atoms with Crippen LogP contribution in [0.3, 0.4) is 0 Å². The molecule has 4 fully saturated rings. The first-order chi connectivity index (χ1) is 46.6. The Morgan fingerprint density at radius 3 is 1.34 bits per heavy atom. The van der Waals surface area contributed by atoms with E-state index in [0.717, 1.165) is 54.8 Å². The molecule has 0 N–H and O–H groups in total. The number of halogens is 2. The van der Waals surface area contributed by atoms with E-state index < -0.39 is 35.8 Å². The standard InChI is InChI=1S/C81H92Cl2O14/c1-49(2)12-10-13-50(3)67-34-35-68-64-33-32-62-40-51(36-38-80(62,4)69(64)37-39-81(67,68)5)14-11-15-63(60-41-65(78(88)96-47-54-20-28-58(29-21-54)76(86)92-8)72(70(82)43-60)94-45-52-16-24-56(25-17-52)74(84)90-6)61-42-66(79(89)97-48-55-22-30-59(31-23-55)77(87)93-9)73(71(83)44-61)95-46-53-18-26-57(27-19-53)75(85)91-7/h15-31,41-44,49-51,62,64,67-69H,10-14,32-40,45-48H2,1-9H3/t50-,51?,62?,64+,67-,68+,69+,80+,81-/m1/s1. The monoisotopic (exact) mass is 1360 g/mol. The lowest BCUT2D eigenvalue weighted by Crippen LogP contribution is -2.53. The van der Waals surface area contributed by atoms with Crippen LogP contribution in [0.1, 0.15) is 220 Å². The molecule has 0 heterocycles. The fourth-order valence-electron chi connectivity index (χ4n) is 16.8. The third-order valence-electron chi connectivity index (χ3n) is 22.1. The number of carbonyl (C=O) groups is 6. The van der Waals surface area contributed by atoms with Crippen LogP contribution in [-0.4, -0.2) is 64.3 Å². The molecule has 0 radical (unpaired) electrons. The molecule has 14 nitrogen and oxygen atoms in total. The Labute approximate surface area is 581 Å². The van der Waals surface area contributed by atoms with Crippen molar-refractivity contribution in [3.05, 3.63) is 204 Å². The van der Waals surface area contributed by atoms with E-state index in [1.807, 2.05) is 0 Å². The first-order valence-electron chi connectivity index (χ1n) is 34.3. The fourth-order valence-corrected chi connectivity index (χ4v) is 17.3. The van der Waals surface area contributed by atoms with Gasteiger partial charge in [-0.2, -0.15) is 0 Å². The molecule has 0 amide bonds. The highest BCUT2D eigenvalue weighted by Crippen LogP contribution is 2.69. The van der Waals surface area contributed by atoms with E-state index in [1.165, 1.54) is 92.6 Å². The Bertz CT molecular complexity index is 3630. The predicted octanol–water partition coefficient (Wildman–Crippen LogP) is 19.0. The minimum atomic E-state index is -0.761. The van der Waals surface area contributed by atoms with E-state index in [9.17, 15) is 28.8 Å². The van der Waals surface area contributed by atoms with E-state index >= 15 is 0 Å². The zero-order valence-corrected chi connectivity index (χ0v) is 59.0. The number of allylic oxidation sites excluding steroid dienone is 1. The SMILES string of the molecule is COC(=O)c1ccc(COC(=O)c2cc(C(=CCCC3CC[C@@]4(C)C(CC[C@H]5[C@@H]6CC[C@H]([C@H](C)CCCC(C)C)[C@@]6(C)CC[C@@H]54)C3)c3cc(Cl)c(OCc4ccc(C(=O)OC)cc4)c(C(=O)OCc4ccc(C(=O)OC)cc4)c3)cc(Cl)c2OCc2ccc(C(=O)OC)cc2)cc1. The van der Waals surface area contributed by atoms with Gasteiger partial charge in [0.1, 0.15) is 37.6 Å². The van der Waals surface area contributed by atoms with Gasteiger partial charge in [0.05, 0.1) is 60.7 Å². The maximum Gasteiger partial charge on any atom is 0.342 e. The molecular formula is C81H92Cl2O14. The number of benzene rings is 6. The topological polar surface area (TPSA) is 176 Å². The van der Waals surface area contributed by atoms with Crippen LogP contribution >= 0.6 is 23.2 Å². The smallest absolute Gasteiger partial charge is 0.342 e. The number of hydrogen-bond acceptors (Lipinski definition) is 14.